The lowest BCUT2D eigenvalue weighted by Gasteiger charge is -2.18. The molecule has 174 valence electrons. The predicted octanol–water partition coefficient (Wildman–Crippen LogP) is 4.77. The SMILES string of the molecule is Cn1cnc2cc(/C(Nc3ccc(N4CCCC4=O)cc3)=C3/C(=O)Nc4cc(F)ccc43)ccc21. The number of benzene rings is 3. The van der Waals surface area contributed by atoms with Crippen LogP contribution in [0.5, 0.6) is 0 Å². The Labute approximate surface area is 200 Å². The fourth-order valence-electron chi connectivity index (χ4n) is 4.75. The van der Waals surface area contributed by atoms with E-state index in [0.29, 0.717) is 28.9 Å². The number of imidazole rings is 1. The molecule has 1 fully saturated rings. The van der Waals surface area contributed by atoms with Crippen LogP contribution in [0.25, 0.3) is 22.3 Å². The van der Waals surface area contributed by atoms with Gasteiger partial charge in [-0.05, 0) is 61.0 Å². The van der Waals surface area contributed by atoms with Crippen LogP contribution in [0.1, 0.15) is 24.0 Å². The number of hydrogen-bond acceptors (Lipinski definition) is 4. The summed E-state index contributed by atoms with van der Waals surface area (Å²) in [5.74, 6) is -0.598. The number of carbonyl (C=O) groups excluding carboxylic acids is 2. The molecule has 3 heterocycles. The molecule has 2 amide bonds. The van der Waals surface area contributed by atoms with Gasteiger partial charge in [0, 0.05) is 42.5 Å². The Hall–Kier alpha value is -4.46. The Bertz CT molecular complexity index is 1540. The van der Waals surface area contributed by atoms with E-state index in [1.54, 1.807) is 17.3 Å². The zero-order valence-corrected chi connectivity index (χ0v) is 19.0. The van der Waals surface area contributed by atoms with Gasteiger partial charge in [0.1, 0.15) is 5.82 Å². The standard InChI is InChI=1S/C27H22FN5O2/c1-32-15-29-22-13-16(4-11-23(22)32)26(25-20-10-5-17(28)14-21(20)31-27(25)35)30-18-6-8-19(9-7-18)33-12-2-3-24(33)34/h4-11,13-15,30H,2-3,12H2,1H3,(H,31,35)/b26-25-. The minimum absolute atomic E-state index is 0.128. The first kappa shape index (κ1) is 21.1. The maximum Gasteiger partial charge on any atom is 0.258 e. The first-order valence-electron chi connectivity index (χ1n) is 11.4. The van der Waals surface area contributed by atoms with E-state index in [0.717, 1.165) is 40.9 Å². The number of halogens is 1. The zero-order chi connectivity index (χ0) is 24.1. The van der Waals surface area contributed by atoms with Crippen LogP contribution in [0.2, 0.25) is 0 Å². The third-order valence-electron chi connectivity index (χ3n) is 6.51. The van der Waals surface area contributed by atoms with Gasteiger partial charge in [-0.15, -0.1) is 0 Å². The number of nitrogens with zero attached hydrogens (tertiary/aromatic N) is 3. The van der Waals surface area contributed by atoms with Crippen LogP contribution in [-0.2, 0) is 16.6 Å². The summed E-state index contributed by atoms with van der Waals surface area (Å²) in [6.45, 7) is 0.721. The maximum absolute atomic E-state index is 13.8. The second-order valence-electron chi connectivity index (χ2n) is 8.77. The van der Waals surface area contributed by atoms with E-state index in [9.17, 15) is 14.0 Å². The first-order valence-corrected chi connectivity index (χ1v) is 11.4. The van der Waals surface area contributed by atoms with Gasteiger partial charge < -0.3 is 20.1 Å². The van der Waals surface area contributed by atoms with Crippen LogP contribution in [0.15, 0.2) is 67.0 Å². The second kappa shape index (κ2) is 8.09. The highest BCUT2D eigenvalue weighted by Gasteiger charge is 2.29. The van der Waals surface area contributed by atoms with Gasteiger partial charge in [0.2, 0.25) is 5.91 Å². The number of rotatable bonds is 4. The molecule has 0 spiro atoms. The van der Waals surface area contributed by atoms with E-state index >= 15 is 0 Å². The van der Waals surface area contributed by atoms with Crippen molar-refractivity contribution in [1.82, 2.24) is 9.55 Å². The summed E-state index contributed by atoms with van der Waals surface area (Å²) in [7, 11) is 1.93. The second-order valence-corrected chi connectivity index (χ2v) is 8.77. The van der Waals surface area contributed by atoms with E-state index in [2.05, 4.69) is 15.6 Å². The molecule has 0 atom stereocenters. The van der Waals surface area contributed by atoms with Gasteiger partial charge in [-0.3, -0.25) is 9.59 Å². The molecule has 4 aromatic rings. The largest absolute Gasteiger partial charge is 0.354 e. The highest BCUT2D eigenvalue weighted by molar-refractivity contribution is 6.37. The van der Waals surface area contributed by atoms with E-state index in [4.69, 9.17) is 0 Å². The van der Waals surface area contributed by atoms with Gasteiger partial charge in [0.25, 0.3) is 5.91 Å². The summed E-state index contributed by atoms with van der Waals surface area (Å²) in [5, 5.41) is 6.19. The van der Waals surface area contributed by atoms with Gasteiger partial charge in [-0.25, -0.2) is 9.37 Å². The van der Waals surface area contributed by atoms with Crippen molar-refractivity contribution < 1.29 is 14.0 Å². The summed E-state index contributed by atoms with van der Waals surface area (Å²) < 4.78 is 15.8. The van der Waals surface area contributed by atoms with E-state index in [1.165, 1.54) is 12.1 Å². The van der Waals surface area contributed by atoms with Crippen molar-refractivity contribution in [2.75, 3.05) is 22.1 Å². The number of aryl methyl sites for hydroxylation is 1. The van der Waals surface area contributed by atoms with Crippen LogP contribution in [-0.4, -0.2) is 27.9 Å². The van der Waals surface area contributed by atoms with Crippen molar-refractivity contribution in [1.29, 1.82) is 0 Å². The highest BCUT2D eigenvalue weighted by atomic mass is 19.1. The Morgan fingerprint density at radius 1 is 1.06 bits per heavy atom. The maximum atomic E-state index is 13.8. The monoisotopic (exact) mass is 467 g/mol. The fraction of sp³-hybridized carbons (Fsp3) is 0.148. The van der Waals surface area contributed by atoms with Gasteiger partial charge in [-0.1, -0.05) is 6.07 Å². The molecule has 2 aliphatic rings. The third-order valence-corrected chi connectivity index (χ3v) is 6.51. The summed E-state index contributed by atoms with van der Waals surface area (Å²) in [6, 6.07) is 17.7. The molecule has 0 bridgehead atoms. The van der Waals surface area contributed by atoms with Crippen molar-refractivity contribution in [3.63, 3.8) is 0 Å². The van der Waals surface area contributed by atoms with E-state index < -0.39 is 5.82 Å². The zero-order valence-electron chi connectivity index (χ0n) is 19.0. The lowest BCUT2D eigenvalue weighted by Crippen LogP contribution is -2.23. The molecule has 7 nitrogen and oxygen atoms in total. The van der Waals surface area contributed by atoms with Gasteiger partial charge in [0.15, 0.2) is 0 Å². The van der Waals surface area contributed by atoms with Gasteiger partial charge in [-0.2, -0.15) is 0 Å². The molecular weight excluding hydrogens is 445 g/mol. The molecule has 6 rings (SSSR count). The minimum atomic E-state index is -0.415. The van der Waals surface area contributed by atoms with Crippen molar-refractivity contribution in [2.45, 2.75) is 12.8 Å². The van der Waals surface area contributed by atoms with Gasteiger partial charge in [0.05, 0.1) is 34.3 Å². The van der Waals surface area contributed by atoms with Crippen molar-refractivity contribution in [2.24, 2.45) is 7.05 Å². The molecule has 0 radical (unpaired) electrons. The van der Waals surface area contributed by atoms with E-state index in [1.807, 2.05) is 54.1 Å². The van der Waals surface area contributed by atoms with Crippen LogP contribution >= 0.6 is 0 Å². The van der Waals surface area contributed by atoms with Gasteiger partial charge >= 0.3 is 0 Å². The molecule has 0 saturated carbocycles. The molecule has 1 saturated heterocycles. The Morgan fingerprint density at radius 2 is 1.89 bits per heavy atom. The first-order chi connectivity index (χ1) is 17.0. The van der Waals surface area contributed by atoms with Crippen molar-refractivity contribution in [3.8, 4) is 0 Å². The number of fused-ring (bicyclic) bond motifs is 2. The quantitative estimate of drug-likeness (QED) is 0.424. The lowest BCUT2D eigenvalue weighted by atomic mass is 9.99. The number of hydrogen-bond donors (Lipinski definition) is 2. The summed E-state index contributed by atoms with van der Waals surface area (Å²) >= 11 is 0. The molecule has 1 aromatic heterocycles. The average molecular weight is 468 g/mol. The molecule has 35 heavy (non-hydrogen) atoms. The van der Waals surface area contributed by atoms with Crippen molar-refractivity contribution in [3.05, 3.63) is 83.9 Å². The number of anilines is 3. The summed E-state index contributed by atoms with van der Waals surface area (Å²) in [6.07, 6.45) is 3.18. The van der Waals surface area contributed by atoms with Crippen LogP contribution in [0.4, 0.5) is 21.5 Å². The number of aromatic nitrogens is 2. The van der Waals surface area contributed by atoms with Crippen LogP contribution in [0, 0.1) is 5.82 Å². The number of carbonyl (C=O) groups is 2. The highest BCUT2D eigenvalue weighted by Crippen LogP contribution is 2.38. The average Bonchev–Trinajstić information content (AvgIpc) is 3.54. The van der Waals surface area contributed by atoms with E-state index in [-0.39, 0.29) is 11.8 Å². The molecular formula is C27H22FN5O2. The van der Waals surface area contributed by atoms with Crippen LogP contribution < -0.4 is 15.5 Å². The summed E-state index contributed by atoms with van der Waals surface area (Å²) in [4.78, 5) is 31.4. The molecule has 2 N–H and O–H groups in total. The fourth-order valence-corrected chi connectivity index (χ4v) is 4.75. The molecule has 0 aliphatic carbocycles. The molecule has 2 aliphatic heterocycles. The molecule has 0 unspecified atom stereocenters. The molecule has 8 heteroatoms. The predicted molar refractivity (Wildman–Crippen MR) is 134 cm³/mol. The lowest BCUT2D eigenvalue weighted by molar-refractivity contribution is -0.117. The molecule has 3 aromatic carbocycles. The third kappa shape index (κ3) is 3.63. The Balaban J connectivity index is 1.46. The normalized spacial score (nSPS) is 16.6. The smallest absolute Gasteiger partial charge is 0.258 e. The van der Waals surface area contributed by atoms with Crippen molar-refractivity contribution >= 4 is 51.2 Å². The minimum Gasteiger partial charge on any atom is -0.354 e. The van der Waals surface area contributed by atoms with Crippen LogP contribution in [0.3, 0.4) is 0 Å². The summed E-state index contributed by atoms with van der Waals surface area (Å²) in [5.41, 5.74) is 6.22. The number of amides is 2. The number of nitrogens with one attached hydrogen (secondary N) is 2. The topological polar surface area (TPSA) is 79.3 Å². The Morgan fingerprint density at radius 3 is 2.66 bits per heavy atom. The Kier molecular flexibility index (Phi) is 4.88.